The molecule has 0 aromatic heterocycles. The van der Waals surface area contributed by atoms with Crippen LogP contribution in [-0.2, 0) is 10.0 Å². The van der Waals surface area contributed by atoms with Crippen molar-refractivity contribution >= 4 is 15.7 Å². The van der Waals surface area contributed by atoms with Crippen LogP contribution in [0.3, 0.4) is 0 Å². The molecule has 0 amide bonds. The highest BCUT2D eigenvalue weighted by atomic mass is 32.2. The van der Waals surface area contributed by atoms with E-state index in [0.717, 1.165) is 0 Å². The SMILES string of the molecule is CCN(C(C)CN(C)C)S(=O)(=O)c1ccc(OC)c(N)c1. The molecule has 1 aromatic rings. The minimum Gasteiger partial charge on any atom is -0.495 e. The summed E-state index contributed by atoms with van der Waals surface area (Å²) in [5, 5.41) is 0. The zero-order chi connectivity index (χ0) is 16.2. The van der Waals surface area contributed by atoms with Gasteiger partial charge in [0.05, 0.1) is 17.7 Å². The molecule has 120 valence electrons. The first kappa shape index (κ1) is 17.7. The summed E-state index contributed by atoms with van der Waals surface area (Å²) in [4.78, 5) is 2.15. The minimum atomic E-state index is -3.57. The number of rotatable bonds is 7. The highest BCUT2D eigenvalue weighted by Crippen LogP contribution is 2.27. The maximum Gasteiger partial charge on any atom is 0.243 e. The van der Waals surface area contributed by atoms with E-state index in [1.807, 2.05) is 32.8 Å². The molecule has 7 heteroatoms. The Balaban J connectivity index is 3.15. The van der Waals surface area contributed by atoms with Crippen LogP contribution in [0.15, 0.2) is 23.1 Å². The van der Waals surface area contributed by atoms with Crippen molar-refractivity contribution in [1.82, 2.24) is 9.21 Å². The van der Waals surface area contributed by atoms with Crippen molar-refractivity contribution in [1.29, 1.82) is 0 Å². The monoisotopic (exact) mass is 315 g/mol. The highest BCUT2D eigenvalue weighted by molar-refractivity contribution is 7.89. The third-order valence-corrected chi connectivity index (χ3v) is 5.33. The predicted octanol–water partition coefficient (Wildman–Crippen LogP) is 1.24. The molecule has 1 rings (SSSR count). The maximum absolute atomic E-state index is 12.7. The van der Waals surface area contributed by atoms with Gasteiger partial charge in [0.1, 0.15) is 5.75 Å². The van der Waals surface area contributed by atoms with E-state index in [2.05, 4.69) is 0 Å². The Morgan fingerprint density at radius 2 is 1.95 bits per heavy atom. The van der Waals surface area contributed by atoms with Crippen molar-refractivity contribution in [3.63, 3.8) is 0 Å². The van der Waals surface area contributed by atoms with E-state index in [0.29, 0.717) is 24.5 Å². The lowest BCUT2D eigenvalue weighted by Gasteiger charge is -2.29. The van der Waals surface area contributed by atoms with Crippen LogP contribution in [0.5, 0.6) is 5.75 Å². The number of benzene rings is 1. The van der Waals surface area contributed by atoms with Crippen molar-refractivity contribution in [3.8, 4) is 5.75 Å². The molecule has 0 saturated carbocycles. The molecule has 1 unspecified atom stereocenters. The molecule has 1 aromatic carbocycles. The zero-order valence-corrected chi connectivity index (χ0v) is 14.1. The summed E-state index contributed by atoms with van der Waals surface area (Å²) < 4.78 is 32.0. The third-order valence-electron chi connectivity index (χ3n) is 3.24. The molecule has 0 aliphatic heterocycles. The molecular formula is C14H25N3O3S. The van der Waals surface area contributed by atoms with Crippen molar-refractivity contribution in [2.45, 2.75) is 24.8 Å². The topological polar surface area (TPSA) is 75.9 Å². The van der Waals surface area contributed by atoms with Crippen molar-refractivity contribution in [3.05, 3.63) is 18.2 Å². The molecule has 0 radical (unpaired) electrons. The van der Waals surface area contributed by atoms with E-state index in [1.165, 1.54) is 23.5 Å². The van der Waals surface area contributed by atoms with Gasteiger partial charge >= 0.3 is 0 Å². The summed E-state index contributed by atoms with van der Waals surface area (Å²) in [5.41, 5.74) is 6.13. The molecule has 0 heterocycles. The van der Waals surface area contributed by atoms with Gasteiger partial charge in [0.2, 0.25) is 10.0 Å². The fraction of sp³-hybridized carbons (Fsp3) is 0.571. The lowest BCUT2D eigenvalue weighted by Crippen LogP contribution is -2.43. The molecule has 6 nitrogen and oxygen atoms in total. The first-order chi connectivity index (χ1) is 9.73. The van der Waals surface area contributed by atoms with E-state index < -0.39 is 10.0 Å². The molecule has 2 N–H and O–H groups in total. The van der Waals surface area contributed by atoms with Crippen LogP contribution in [-0.4, -0.2) is 58.0 Å². The Hall–Kier alpha value is -1.31. The molecule has 0 fully saturated rings. The Labute approximate surface area is 127 Å². The molecule has 21 heavy (non-hydrogen) atoms. The number of ether oxygens (including phenoxy) is 1. The summed E-state index contributed by atoms with van der Waals surface area (Å²) in [5.74, 6) is 0.471. The second-order valence-corrected chi connectivity index (χ2v) is 7.11. The largest absolute Gasteiger partial charge is 0.495 e. The van der Waals surface area contributed by atoms with Gasteiger partial charge in [-0.1, -0.05) is 6.92 Å². The fourth-order valence-electron chi connectivity index (χ4n) is 2.35. The Morgan fingerprint density at radius 1 is 1.33 bits per heavy atom. The summed E-state index contributed by atoms with van der Waals surface area (Å²) in [6.07, 6.45) is 0. The second-order valence-electron chi connectivity index (χ2n) is 5.22. The smallest absolute Gasteiger partial charge is 0.243 e. The summed E-state index contributed by atoms with van der Waals surface area (Å²) >= 11 is 0. The first-order valence-electron chi connectivity index (χ1n) is 6.84. The van der Waals surface area contributed by atoms with Crippen LogP contribution in [0.1, 0.15) is 13.8 Å². The van der Waals surface area contributed by atoms with Crippen LogP contribution in [0, 0.1) is 0 Å². The van der Waals surface area contributed by atoms with Crippen molar-refractivity contribution in [2.75, 3.05) is 40.0 Å². The number of nitrogens with two attached hydrogens (primary N) is 1. The van der Waals surface area contributed by atoms with Gasteiger partial charge in [-0.05, 0) is 39.2 Å². The highest BCUT2D eigenvalue weighted by Gasteiger charge is 2.28. The number of methoxy groups -OCH3 is 1. The Bertz CT molecular complexity index is 573. The van der Waals surface area contributed by atoms with E-state index in [9.17, 15) is 8.42 Å². The number of nitrogen functional groups attached to an aromatic ring is 1. The predicted molar refractivity (Wildman–Crippen MR) is 85.0 cm³/mol. The summed E-state index contributed by atoms with van der Waals surface area (Å²) in [6.45, 7) is 4.78. The molecule has 0 aliphatic carbocycles. The molecule has 0 spiro atoms. The van der Waals surface area contributed by atoms with Gasteiger partial charge in [0.15, 0.2) is 0 Å². The minimum absolute atomic E-state index is 0.127. The Morgan fingerprint density at radius 3 is 2.38 bits per heavy atom. The third kappa shape index (κ3) is 4.09. The average molecular weight is 315 g/mol. The van der Waals surface area contributed by atoms with Gasteiger partial charge in [-0.3, -0.25) is 0 Å². The van der Waals surface area contributed by atoms with Gasteiger partial charge in [-0.25, -0.2) is 8.42 Å². The normalized spacial score (nSPS) is 13.7. The van der Waals surface area contributed by atoms with Crippen molar-refractivity contribution < 1.29 is 13.2 Å². The number of hydrogen-bond acceptors (Lipinski definition) is 5. The quantitative estimate of drug-likeness (QED) is 0.766. The lowest BCUT2D eigenvalue weighted by molar-refractivity contribution is 0.271. The summed E-state index contributed by atoms with van der Waals surface area (Å²) in [6, 6.07) is 4.42. The Kier molecular flexibility index (Phi) is 6.00. The molecule has 1 atom stereocenters. The van der Waals surface area contributed by atoms with Crippen LogP contribution >= 0.6 is 0 Å². The zero-order valence-electron chi connectivity index (χ0n) is 13.3. The number of likely N-dealkylation sites (N-methyl/N-ethyl adjacent to an activating group) is 2. The first-order valence-corrected chi connectivity index (χ1v) is 8.28. The standard InChI is InChI=1S/C14H25N3O3S/c1-6-17(11(2)10-16(3)4)21(18,19)12-7-8-14(20-5)13(15)9-12/h7-9,11H,6,10,15H2,1-5H3. The summed E-state index contributed by atoms with van der Waals surface area (Å²) in [7, 11) is 1.76. The average Bonchev–Trinajstić information content (AvgIpc) is 2.38. The lowest BCUT2D eigenvalue weighted by atomic mass is 10.3. The van der Waals surface area contributed by atoms with Crippen molar-refractivity contribution in [2.24, 2.45) is 0 Å². The van der Waals surface area contributed by atoms with Crippen LogP contribution < -0.4 is 10.5 Å². The molecule has 0 saturated heterocycles. The molecular weight excluding hydrogens is 290 g/mol. The number of anilines is 1. The molecule has 0 bridgehead atoms. The van der Waals surface area contributed by atoms with Gasteiger partial charge in [0, 0.05) is 19.1 Å². The molecule has 0 aliphatic rings. The number of sulfonamides is 1. The van der Waals surface area contributed by atoms with Crippen LogP contribution in [0.4, 0.5) is 5.69 Å². The van der Waals surface area contributed by atoms with Gasteiger partial charge in [-0.15, -0.1) is 0 Å². The van der Waals surface area contributed by atoms with Gasteiger partial charge < -0.3 is 15.4 Å². The van der Waals surface area contributed by atoms with E-state index >= 15 is 0 Å². The van der Waals surface area contributed by atoms with E-state index in [1.54, 1.807) is 6.07 Å². The number of hydrogen-bond donors (Lipinski definition) is 1. The van der Waals surface area contributed by atoms with Gasteiger partial charge in [0.25, 0.3) is 0 Å². The maximum atomic E-state index is 12.7. The van der Waals surface area contributed by atoms with Crippen LogP contribution in [0.25, 0.3) is 0 Å². The second kappa shape index (κ2) is 7.11. The van der Waals surface area contributed by atoms with E-state index in [-0.39, 0.29) is 10.9 Å². The fourth-order valence-corrected chi connectivity index (χ4v) is 4.01. The van der Waals surface area contributed by atoms with E-state index in [4.69, 9.17) is 10.5 Å². The number of nitrogens with zero attached hydrogens (tertiary/aromatic N) is 2. The van der Waals surface area contributed by atoms with Crippen LogP contribution in [0.2, 0.25) is 0 Å². The van der Waals surface area contributed by atoms with Gasteiger partial charge in [-0.2, -0.15) is 4.31 Å².